The molecule has 0 saturated carbocycles. The number of nitrogens with zero attached hydrogens (tertiary/aromatic N) is 2. The fraction of sp³-hybridized carbons (Fsp3) is 0.545. The van der Waals surface area contributed by atoms with E-state index in [1.165, 1.54) is 6.07 Å². The maximum absolute atomic E-state index is 11.7. The van der Waals surface area contributed by atoms with Crippen molar-refractivity contribution < 1.29 is 4.79 Å². The number of carbonyl (C=O) groups excluding carboxylic acids is 1. The third-order valence-corrected chi connectivity index (χ3v) is 2.82. The van der Waals surface area contributed by atoms with E-state index in [4.69, 9.17) is 28.9 Å². The van der Waals surface area contributed by atoms with E-state index in [9.17, 15) is 4.79 Å². The Morgan fingerprint density at radius 1 is 1.44 bits per heavy atom. The molecule has 0 bridgehead atoms. The van der Waals surface area contributed by atoms with Crippen LogP contribution in [0, 0.1) is 5.92 Å². The molecule has 1 unspecified atom stereocenters. The third kappa shape index (κ3) is 5.62. The summed E-state index contributed by atoms with van der Waals surface area (Å²) in [5, 5.41) is 2.84. The number of rotatable bonds is 6. The van der Waals surface area contributed by atoms with Gasteiger partial charge in [0.1, 0.15) is 11.0 Å². The zero-order valence-electron chi connectivity index (χ0n) is 10.1. The standard InChI is InChI=1S/C11H16Cl2N4O/c1-7(4-5-14)2-3-10(18)16-9-6-8(12)15-11(13)17-9/h6-7H,2-5,14H2,1H3,(H,15,16,17,18). The van der Waals surface area contributed by atoms with Crippen molar-refractivity contribution in [3.05, 3.63) is 16.5 Å². The maximum Gasteiger partial charge on any atom is 0.225 e. The molecule has 1 heterocycles. The summed E-state index contributed by atoms with van der Waals surface area (Å²) in [4.78, 5) is 19.2. The van der Waals surface area contributed by atoms with Crippen LogP contribution < -0.4 is 11.1 Å². The lowest BCUT2D eigenvalue weighted by molar-refractivity contribution is -0.116. The van der Waals surface area contributed by atoms with Crippen LogP contribution in [-0.4, -0.2) is 22.4 Å². The molecule has 0 radical (unpaired) electrons. The number of nitrogens with one attached hydrogen (secondary N) is 1. The fourth-order valence-electron chi connectivity index (χ4n) is 1.47. The predicted molar refractivity (Wildman–Crippen MR) is 72.8 cm³/mol. The van der Waals surface area contributed by atoms with E-state index in [-0.39, 0.29) is 16.3 Å². The van der Waals surface area contributed by atoms with Crippen LogP contribution in [0.1, 0.15) is 26.2 Å². The van der Waals surface area contributed by atoms with E-state index >= 15 is 0 Å². The summed E-state index contributed by atoms with van der Waals surface area (Å²) in [6.07, 6.45) is 2.12. The zero-order valence-corrected chi connectivity index (χ0v) is 11.6. The summed E-state index contributed by atoms with van der Waals surface area (Å²) in [6.45, 7) is 2.71. The highest BCUT2D eigenvalue weighted by atomic mass is 35.5. The van der Waals surface area contributed by atoms with Gasteiger partial charge in [0, 0.05) is 12.5 Å². The second-order valence-electron chi connectivity index (χ2n) is 4.11. The highest BCUT2D eigenvalue weighted by molar-refractivity contribution is 6.32. The van der Waals surface area contributed by atoms with E-state index < -0.39 is 0 Å². The molecular weight excluding hydrogens is 275 g/mol. The molecule has 0 aromatic carbocycles. The lowest BCUT2D eigenvalue weighted by atomic mass is 10.0. The number of hydrogen-bond donors (Lipinski definition) is 2. The van der Waals surface area contributed by atoms with Gasteiger partial charge >= 0.3 is 0 Å². The first-order chi connectivity index (χ1) is 8.51. The number of aromatic nitrogens is 2. The van der Waals surface area contributed by atoms with Crippen molar-refractivity contribution in [1.29, 1.82) is 0 Å². The minimum absolute atomic E-state index is 0.00861. The Bertz CT molecular complexity index is 394. The molecule has 3 N–H and O–H groups in total. The average molecular weight is 291 g/mol. The van der Waals surface area contributed by atoms with Crippen LogP contribution in [0.4, 0.5) is 5.82 Å². The summed E-state index contributed by atoms with van der Waals surface area (Å²) in [7, 11) is 0. The molecule has 100 valence electrons. The SMILES string of the molecule is CC(CCN)CCC(=O)Nc1cc(Cl)nc(Cl)n1. The Balaban J connectivity index is 2.44. The minimum atomic E-state index is -0.121. The number of hydrogen-bond acceptors (Lipinski definition) is 4. The van der Waals surface area contributed by atoms with Crippen molar-refractivity contribution >= 4 is 34.9 Å². The molecule has 0 spiro atoms. The smallest absolute Gasteiger partial charge is 0.225 e. The van der Waals surface area contributed by atoms with Crippen LogP contribution in [0.2, 0.25) is 10.4 Å². The largest absolute Gasteiger partial charge is 0.330 e. The van der Waals surface area contributed by atoms with Gasteiger partial charge in [-0.2, -0.15) is 0 Å². The highest BCUT2D eigenvalue weighted by Gasteiger charge is 2.08. The van der Waals surface area contributed by atoms with Crippen molar-refractivity contribution in [2.45, 2.75) is 26.2 Å². The second-order valence-corrected chi connectivity index (χ2v) is 4.84. The Morgan fingerprint density at radius 3 is 2.78 bits per heavy atom. The molecule has 0 fully saturated rings. The van der Waals surface area contributed by atoms with Crippen LogP contribution in [0.5, 0.6) is 0 Å². The van der Waals surface area contributed by atoms with Gasteiger partial charge in [-0.3, -0.25) is 4.79 Å². The van der Waals surface area contributed by atoms with Gasteiger partial charge in [0.05, 0.1) is 0 Å². The van der Waals surface area contributed by atoms with Gasteiger partial charge in [-0.05, 0) is 36.9 Å². The number of amides is 1. The van der Waals surface area contributed by atoms with Crippen LogP contribution in [0.15, 0.2) is 6.07 Å². The molecule has 0 aliphatic carbocycles. The number of carbonyl (C=O) groups is 1. The van der Waals surface area contributed by atoms with Gasteiger partial charge in [0.15, 0.2) is 0 Å². The van der Waals surface area contributed by atoms with E-state index in [1.54, 1.807) is 0 Å². The highest BCUT2D eigenvalue weighted by Crippen LogP contribution is 2.15. The van der Waals surface area contributed by atoms with Crippen molar-refractivity contribution in [2.75, 3.05) is 11.9 Å². The third-order valence-electron chi connectivity index (χ3n) is 2.46. The first kappa shape index (κ1) is 15.1. The topological polar surface area (TPSA) is 80.9 Å². The summed E-state index contributed by atoms with van der Waals surface area (Å²) in [5.41, 5.74) is 5.45. The van der Waals surface area contributed by atoms with Crippen molar-refractivity contribution in [2.24, 2.45) is 11.7 Å². The molecule has 7 heteroatoms. The van der Waals surface area contributed by atoms with Gasteiger partial charge in [0.2, 0.25) is 11.2 Å². The maximum atomic E-state index is 11.7. The van der Waals surface area contributed by atoms with Crippen molar-refractivity contribution in [3.63, 3.8) is 0 Å². The van der Waals surface area contributed by atoms with Gasteiger partial charge in [-0.25, -0.2) is 9.97 Å². The molecule has 1 aromatic heterocycles. The molecule has 1 amide bonds. The van der Waals surface area contributed by atoms with Gasteiger partial charge in [-0.1, -0.05) is 18.5 Å². The Kier molecular flexibility index (Phi) is 6.32. The monoisotopic (exact) mass is 290 g/mol. The summed E-state index contributed by atoms with van der Waals surface area (Å²) < 4.78 is 0. The van der Waals surface area contributed by atoms with Crippen LogP contribution in [0.3, 0.4) is 0 Å². The summed E-state index contributed by atoms with van der Waals surface area (Å²) in [5.74, 6) is 0.625. The first-order valence-electron chi connectivity index (χ1n) is 5.71. The molecule has 1 atom stereocenters. The van der Waals surface area contributed by atoms with Crippen LogP contribution >= 0.6 is 23.2 Å². The first-order valence-corrected chi connectivity index (χ1v) is 6.47. The average Bonchev–Trinajstić information content (AvgIpc) is 2.25. The predicted octanol–water partition coefficient (Wildman–Crippen LogP) is 2.49. The Hall–Kier alpha value is -0.910. The molecule has 0 saturated heterocycles. The molecule has 5 nitrogen and oxygen atoms in total. The summed E-state index contributed by atoms with van der Waals surface area (Å²) >= 11 is 11.3. The van der Waals surface area contributed by atoms with Gasteiger partial charge < -0.3 is 11.1 Å². The second kappa shape index (κ2) is 7.51. The van der Waals surface area contributed by atoms with Crippen molar-refractivity contribution in [3.8, 4) is 0 Å². The number of halogens is 2. The normalized spacial score (nSPS) is 12.2. The van der Waals surface area contributed by atoms with E-state index in [0.717, 1.165) is 12.8 Å². The Labute approximate surface area is 116 Å². The van der Waals surface area contributed by atoms with E-state index in [0.29, 0.717) is 24.7 Å². The molecule has 1 rings (SSSR count). The molecule has 1 aromatic rings. The van der Waals surface area contributed by atoms with Gasteiger partial charge in [-0.15, -0.1) is 0 Å². The minimum Gasteiger partial charge on any atom is -0.330 e. The number of nitrogens with two attached hydrogens (primary N) is 1. The quantitative estimate of drug-likeness (QED) is 0.623. The molecule has 0 aliphatic heterocycles. The van der Waals surface area contributed by atoms with E-state index in [1.807, 2.05) is 0 Å². The van der Waals surface area contributed by atoms with Crippen molar-refractivity contribution in [1.82, 2.24) is 9.97 Å². The van der Waals surface area contributed by atoms with Crippen LogP contribution in [0.25, 0.3) is 0 Å². The number of anilines is 1. The zero-order chi connectivity index (χ0) is 13.5. The van der Waals surface area contributed by atoms with Crippen LogP contribution in [-0.2, 0) is 4.79 Å². The van der Waals surface area contributed by atoms with Gasteiger partial charge in [0.25, 0.3) is 0 Å². The molecule has 18 heavy (non-hydrogen) atoms. The molecule has 0 aliphatic rings. The van der Waals surface area contributed by atoms with E-state index in [2.05, 4.69) is 22.2 Å². The lowest BCUT2D eigenvalue weighted by Gasteiger charge is -2.09. The molecular formula is C11H16Cl2N4O. The fourth-order valence-corrected chi connectivity index (χ4v) is 1.87. The lowest BCUT2D eigenvalue weighted by Crippen LogP contribution is -2.15. The Morgan fingerprint density at radius 2 is 2.17 bits per heavy atom. The summed E-state index contributed by atoms with van der Waals surface area (Å²) in [6, 6.07) is 1.45.